The van der Waals surface area contributed by atoms with Crippen LogP contribution in [0.2, 0.25) is 0 Å². The number of hydrogen-bond donors (Lipinski definition) is 1. The molecule has 11 nitrogen and oxygen atoms in total. The van der Waals surface area contributed by atoms with E-state index in [1.54, 1.807) is 29.8 Å². The summed E-state index contributed by atoms with van der Waals surface area (Å²) in [6, 6.07) is 2.00. The van der Waals surface area contributed by atoms with Crippen LogP contribution in [0.15, 0.2) is 27.8 Å². The molecule has 3 aliphatic rings. The van der Waals surface area contributed by atoms with Crippen LogP contribution in [0, 0.1) is 6.92 Å². The molecule has 6 rings (SSSR count). The molecule has 12 heteroatoms. The Morgan fingerprint density at radius 2 is 2.06 bits per heavy atom. The van der Waals surface area contributed by atoms with Gasteiger partial charge in [-0.3, -0.25) is 9.30 Å². The number of piperazine rings is 1. The van der Waals surface area contributed by atoms with Gasteiger partial charge in [0, 0.05) is 44.8 Å². The molecule has 1 N–H and O–H groups in total. The number of aromatic nitrogens is 4. The molecule has 0 radical (unpaired) electrons. The predicted molar refractivity (Wildman–Crippen MR) is 120 cm³/mol. The van der Waals surface area contributed by atoms with Gasteiger partial charge in [-0.15, -0.1) is 10.2 Å². The number of anilines is 1. The molecule has 0 aromatic carbocycles. The number of nitrogens with zero attached hydrogens (tertiary/aromatic N) is 6. The standard InChI is InChI=1S/C21H27N7O4S/c1-14-23-24-20(32-14)18-10-22-19-17(27-6-5-26-7-8-31-13-15(26)11-27)9-16(12-28(18)19)33(29,30)25-21(2)3-4-21/h9-10,12,15,25H,3-8,11,13H2,1-2H3/t15-/m1/s1. The van der Waals surface area contributed by atoms with Gasteiger partial charge in [-0.2, -0.15) is 0 Å². The molecule has 3 fully saturated rings. The zero-order valence-electron chi connectivity index (χ0n) is 18.7. The van der Waals surface area contributed by atoms with E-state index in [9.17, 15) is 8.42 Å². The molecule has 0 amide bonds. The van der Waals surface area contributed by atoms with E-state index < -0.39 is 10.0 Å². The second kappa shape index (κ2) is 7.49. The molecule has 2 saturated heterocycles. The van der Waals surface area contributed by atoms with Crippen molar-refractivity contribution in [3.63, 3.8) is 0 Å². The van der Waals surface area contributed by atoms with Gasteiger partial charge in [0.05, 0.1) is 31.1 Å². The van der Waals surface area contributed by atoms with Crippen molar-refractivity contribution < 1.29 is 17.6 Å². The lowest BCUT2D eigenvalue weighted by atomic mass is 10.1. The Kier molecular flexibility index (Phi) is 4.77. The van der Waals surface area contributed by atoms with Gasteiger partial charge >= 0.3 is 0 Å². The molecule has 1 atom stereocenters. The number of fused-ring (bicyclic) bond motifs is 2. The van der Waals surface area contributed by atoms with Gasteiger partial charge in [0.2, 0.25) is 15.9 Å². The molecule has 1 saturated carbocycles. The molecule has 0 unspecified atom stereocenters. The minimum absolute atomic E-state index is 0.191. The largest absolute Gasteiger partial charge is 0.420 e. The van der Waals surface area contributed by atoms with E-state index in [0.717, 1.165) is 51.3 Å². The molecule has 3 aromatic rings. The SMILES string of the molecule is Cc1nnc(-c2cnc3c(N4CCN5CCOC[C@H]5C4)cc(S(=O)(=O)NC4(C)CC4)cn23)o1. The fourth-order valence-electron chi connectivity index (χ4n) is 4.62. The third-order valence-electron chi connectivity index (χ3n) is 6.78. The zero-order chi connectivity index (χ0) is 22.8. The number of sulfonamides is 1. The fraction of sp³-hybridized carbons (Fsp3) is 0.571. The van der Waals surface area contributed by atoms with Gasteiger partial charge in [0.15, 0.2) is 5.65 Å². The van der Waals surface area contributed by atoms with Gasteiger partial charge in [-0.05, 0) is 25.8 Å². The maximum absolute atomic E-state index is 13.3. The van der Waals surface area contributed by atoms with Crippen molar-refractivity contribution in [1.82, 2.24) is 29.2 Å². The summed E-state index contributed by atoms with van der Waals surface area (Å²) in [5.74, 6) is 0.730. The van der Waals surface area contributed by atoms with E-state index in [2.05, 4.69) is 29.7 Å². The average Bonchev–Trinajstić information content (AvgIpc) is 3.17. The van der Waals surface area contributed by atoms with Crippen LogP contribution in [-0.2, 0) is 14.8 Å². The van der Waals surface area contributed by atoms with Gasteiger partial charge in [0.25, 0.3) is 5.89 Å². The zero-order valence-corrected chi connectivity index (χ0v) is 19.5. The topological polar surface area (TPSA) is 118 Å². The number of morpholine rings is 1. The number of pyridine rings is 1. The van der Waals surface area contributed by atoms with Crippen molar-refractivity contribution in [2.45, 2.75) is 43.2 Å². The van der Waals surface area contributed by atoms with Crippen molar-refractivity contribution in [2.24, 2.45) is 0 Å². The normalized spacial score (nSPS) is 23.1. The second-order valence-electron chi connectivity index (χ2n) is 9.40. The lowest BCUT2D eigenvalue weighted by Crippen LogP contribution is -2.58. The summed E-state index contributed by atoms with van der Waals surface area (Å²) in [5.41, 5.74) is 1.61. The van der Waals surface area contributed by atoms with Crippen LogP contribution < -0.4 is 9.62 Å². The van der Waals surface area contributed by atoms with Crippen LogP contribution in [0.4, 0.5) is 5.69 Å². The Labute approximate surface area is 191 Å². The summed E-state index contributed by atoms with van der Waals surface area (Å²) >= 11 is 0. The van der Waals surface area contributed by atoms with Crippen molar-refractivity contribution in [2.75, 3.05) is 44.3 Å². The number of rotatable bonds is 5. The number of hydrogen-bond acceptors (Lipinski definition) is 9. The lowest BCUT2D eigenvalue weighted by Gasteiger charge is -2.44. The first-order valence-corrected chi connectivity index (χ1v) is 12.7. The highest BCUT2D eigenvalue weighted by Gasteiger charge is 2.42. The summed E-state index contributed by atoms with van der Waals surface area (Å²) in [7, 11) is -3.73. The lowest BCUT2D eigenvalue weighted by molar-refractivity contribution is -0.0116. The highest BCUT2D eigenvalue weighted by molar-refractivity contribution is 7.89. The van der Waals surface area contributed by atoms with E-state index in [1.165, 1.54) is 0 Å². The molecule has 0 spiro atoms. The Balaban J connectivity index is 1.47. The summed E-state index contributed by atoms with van der Waals surface area (Å²) < 4.78 is 42.6. The highest BCUT2D eigenvalue weighted by Crippen LogP contribution is 2.37. The summed E-state index contributed by atoms with van der Waals surface area (Å²) in [4.78, 5) is 9.46. The van der Waals surface area contributed by atoms with E-state index in [-0.39, 0.29) is 16.5 Å². The van der Waals surface area contributed by atoms with Crippen molar-refractivity contribution in [3.05, 3.63) is 24.4 Å². The maximum Gasteiger partial charge on any atom is 0.266 e. The van der Waals surface area contributed by atoms with Crippen LogP contribution in [0.25, 0.3) is 17.2 Å². The minimum atomic E-state index is -3.73. The summed E-state index contributed by atoms with van der Waals surface area (Å²) in [6.45, 7) is 8.41. The molecule has 33 heavy (non-hydrogen) atoms. The molecule has 3 aromatic heterocycles. The summed E-state index contributed by atoms with van der Waals surface area (Å²) in [6.07, 6.45) is 4.91. The third kappa shape index (κ3) is 3.80. The van der Waals surface area contributed by atoms with E-state index in [1.807, 2.05) is 6.92 Å². The molecule has 176 valence electrons. The number of aryl methyl sites for hydroxylation is 1. The van der Waals surface area contributed by atoms with Crippen LogP contribution in [0.5, 0.6) is 0 Å². The van der Waals surface area contributed by atoms with Crippen molar-refractivity contribution in [1.29, 1.82) is 0 Å². The van der Waals surface area contributed by atoms with E-state index in [4.69, 9.17) is 9.15 Å². The third-order valence-corrected chi connectivity index (χ3v) is 8.38. The van der Waals surface area contributed by atoms with Gasteiger partial charge < -0.3 is 14.1 Å². The van der Waals surface area contributed by atoms with Crippen molar-refractivity contribution >= 4 is 21.4 Å². The van der Waals surface area contributed by atoms with Crippen LogP contribution in [0.3, 0.4) is 0 Å². The Hall–Kier alpha value is -2.54. The van der Waals surface area contributed by atoms with Gasteiger partial charge in [-0.25, -0.2) is 18.1 Å². The van der Waals surface area contributed by atoms with Gasteiger partial charge in [-0.1, -0.05) is 0 Å². The number of ether oxygens (including phenoxy) is 1. The monoisotopic (exact) mass is 473 g/mol. The van der Waals surface area contributed by atoms with Crippen molar-refractivity contribution in [3.8, 4) is 11.6 Å². The van der Waals surface area contributed by atoms with E-state index >= 15 is 0 Å². The first kappa shape index (κ1) is 21.0. The quantitative estimate of drug-likeness (QED) is 0.580. The molecular formula is C21H27N7O4S. The Morgan fingerprint density at radius 3 is 2.82 bits per heavy atom. The average molecular weight is 474 g/mol. The first-order chi connectivity index (χ1) is 15.8. The minimum Gasteiger partial charge on any atom is -0.420 e. The van der Waals surface area contributed by atoms with Crippen LogP contribution in [-0.4, -0.2) is 83.9 Å². The second-order valence-corrected chi connectivity index (χ2v) is 11.1. The first-order valence-electron chi connectivity index (χ1n) is 11.2. The Morgan fingerprint density at radius 1 is 1.21 bits per heavy atom. The van der Waals surface area contributed by atoms with E-state index in [0.29, 0.717) is 29.7 Å². The molecule has 2 aliphatic heterocycles. The fourth-order valence-corrected chi connectivity index (χ4v) is 6.10. The summed E-state index contributed by atoms with van der Waals surface area (Å²) in [5, 5.41) is 8.03. The molecule has 1 aliphatic carbocycles. The van der Waals surface area contributed by atoms with Crippen LogP contribution >= 0.6 is 0 Å². The molecular weight excluding hydrogens is 446 g/mol. The van der Waals surface area contributed by atoms with Gasteiger partial charge in [0.1, 0.15) is 10.6 Å². The Bertz CT molecular complexity index is 1310. The smallest absolute Gasteiger partial charge is 0.266 e. The molecule has 5 heterocycles. The van der Waals surface area contributed by atoms with Crippen LogP contribution in [0.1, 0.15) is 25.7 Å². The highest BCUT2D eigenvalue weighted by atomic mass is 32.2. The predicted octanol–water partition coefficient (Wildman–Crippen LogP) is 1.04. The maximum atomic E-state index is 13.3. The number of imidazole rings is 1. The number of nitrogens with one attached hydrogen (secondary N) is 1. The molecule has 0 bridgehead atoms.